The van der Waals surface area contributed by atoms with Crippen LogP contribution in [0.3, 0.4) is 0 Å². The molecule has 0 aliphatic heterocycles. The first-order valence-electron chi connectivity index (χ1n) is 5.26. The second-order valence-electron chi connectivity index (χ2n) is 3.76. The number of benzene rings is 2. The molecule has 0 saturated heterocycles. The minimum atomic E-state index is -3.87. The number of carboxylic acid groups (broad SMARTS) is 1. The lowest BCUT2D eigenvalue weighted by atomic mass is 10.2. The highest BCUT2D eigenvalue weighted by Gasteiger charge is 2.23. The van der Waals surface area contributed by atoms with Crippen LogP contribution in [-0.4, -0.2) is 19.5 Å². The summed E-state index contributed by atoms with van der Waals surface area (Å²) in [6, 6.07) is 11.1. The molecule has 0 amide bonds. The van der Waals surface area contributed by atoms with Crippen molar-refractivity contribution in [2.75, 3.05) is 0 Å². The van der Waals surface area contributed by atoms with Gasteiger partial charge in [-0.25, -0.2) is 13.2 Å². The Hall–Kier alpha value is -1.85. The third-order valence-electron chi connectivity index (χ3n) is 2.53. The van der Waals surface area contributed by atoms with Gasteiger partial charge >= 0.3 is 5.97 Å². The second kappa shape index (κ2) is 5.03. The minimum Gasteiger partial charge on any atom is -0.478 e. The lowest BCUT2D eigenvalue weighted by molar-refractivity contribution is 0.0692. The van der Waals surface area contributed by atoms with Gasteiger partial charge in [-0.05, 0) is 36.4 Å². The van der Waals surface area contributed by atoms with Crippen molar-refractivity contribution in [2.45, 2.75) is 9.79 Å². The van der Waals surface area contributed by atoms with Gasteiger partial charge in [-0.15, -0.1) is 0 Å². The number of aromatic carboxylic acids is 1. The van der Waals surface area contributed by atoms with Gasteiger partial charge in [0.2, 0.25) is 9.84 Å². The maximum Gasteiger partial charge on any atom is 0.337 e. The molecule has 0 heterocycles. The summed E-state index contributed by atoms with van der Waals surface area (Å²) in [7, 11) is -3.87. The van der Waals surface area contributed by atoms with Crippen LogP contribution in [0, 0.1) is 0 Å². The number of sulfone groups is 1. The lowest BCUT2D eigenvalue weighted by Crippen LogP contribution is -2.09. The minimum absolute atomic E-state index is 0.00519. The monoisotopic (exact) mass is 296 g/mol. The van der Waals surface area contributed by atoms with E-state index >= 15 is 0 Å². The lowest BCUT2D eigenvalue weighted by Gasteiger charge is -2.07. The Morgan fingerprint density at radius 2 is 1.58 bits per heavy atom. The van der Waals surface area contributed by atoms with Crippen LogP contribution in [0.5, 0.6) is 0 Å². The van der Waals surface area contributed by atoms with Gasteiger partial charge in [0.25, 0.3) is 0 Å². The quantitative estimate of drug-likeness (QED) is 0.945. The Balaban J connectivity index is 2.63. The molecule has 0 fully saturated rings. The van der Waals surface area contributed by atoms with Gasteiger partial charge in [-0.3, -0.25) is 0 Å². The number of halogens is 1. The molecular weight excluding hydrogens is 288 g/mol. The molecule has 0 aromatic heterocycles. The molecule has 2 aromatic carbocycles. The first-order valence-corrected chi connectivity index (χ1v) is 7.12. The van der Waals surface area contributed by atoms with Crippen molar-refractivity contribution in [2.24, 2.45) is 0 Å². The summed E-state index contributed by atoms with van der Waals surface area (Å²) >= 11 is 5.70. The van der Waals surface area contributed by atoms with E-state index in [-0.39, 0.29) is 15.4 Å². The largest absolute Gasteiger partial charge is 0.478 e. The topological polar surface area (TPSA) is 71.4 Å². The Kier molecular flexibility index (Phi) is 3.59. The zero-order valence-electron chi connectivity index (χ0n) is 9.58. The van der Waals surface area contributed by atoms with Gasteiger partial charge < -0.3 is 5.11 Å². The highest BCUT2D eigenvalue weighted by molar-refractivity contribution is 7.91. The van der Waals surface area contributed by atoms with Crippen LogP contribution in [0.2, 0.25) is 5.02 Å². The second-order valence-corrected chi connectivity index (χ2v) is 6.11. The summed E-state index contributed by atoms with van der Waals surface area (Å²) in [6.07, 6.45) is 0. The van der Waals surface area contributed by atoms with Gasteiger partial charge in [0.05, 0.1) is 15.4 Å². The molecule has 98 valence electrons. The first kappa shape index (κ1) is 13.6. The number of rotatable bonds is 3. The summed E-state index contributed by atoms with van der Waals surface area (Å²) in [4.78, 5) is 10.8. The normalized spacial score (nSPS) is 11.2. The molecule has 2 rings (SSSR count). The highest BCUT2D eigenvalue weighted by atomic mass is 35.5. The van der Waals surface area contributed by atoms with Crippen LogP contribution >= 0.6 is 11.6 Å². The summed E-state index contributed by atoms with van der Waals surface area (Å²) in [5.74, 6) is -1.28. The Bertz CT molecular complexity index is 721. The van der Waals surface area contributed by atoms with Crippen molar-refractivity contribution >= 4 is 27.4 Å². The smallest absolute Gasteiger partial charge is 0.337 e. The van der Waals surface area contributed by atoms with Crippen molar-refractivity contribution in [3.63, 3.8) is 0 Å². The van der Waals surface area contributed by atoms with Gasteiger partial charge in [-0.2, -0.15) is 0 Å². The summed E-state index contributed by atoms with van der Waals surface area (Å²) in [6.45, 7) is 0. The maximum atomic E-state index is 12.4. The predicted octanol–water partition coefficient (Wildman–Crippen LogP) is 2.87. The number of hydrogen-bond donors (Lipinski definition) is 1. The van der Waals surface area contributed by atoms with Crippen molar-refractivity contribution in [3.8, 4) is 0 Å². The van der Waals surface area contributed by atoms with E-state index in [1.807, 2.05) is 0 Å². The standard InChI is InChI=1S/C13H9ClO4S/c14-9-5-7-10(8-6-9)19(17,18)12-4-2-1-3-11(12)13(15)16/h1-8H,(H,15,16). The van der Waals surface area contributed by atoms with Gasteiger partial charge in [-0.1, -0.05) is 23.7 Å². The summed E-state index contributed by atoms with van der Waals surface area (Å²) in [5.41, 5.74) is -0.252. The van der Waals surface area contributed by atoms with Crippen molar-refractivity contribution in [1.82, 2.24) is 0 Å². The highest BCUT2D eigenvalue weighted by Crippen LogP contribution is 2.25. The molecule has 2 aromatic rings. The molecule has 0 unspecified atom stereocenters. The van der Waals surface area contributed by atoms with Crippen LogP contribution in [0.4, 0.5) is 0 Å². The molecule has 1 N–H and O–H groups in total. The third kappa shape index (κ3) is 2.62. The number of carbonyl (C=O) groups is 1. The van der Waals surface area contributed by atoms with E-state index in [4.69, 9.17) is 16.7 Å². The molecule has 0 bridgehead atoms. The van der Waals surface area contributed by atoms with Crippen LogP contribution < -0.4 is 0 Å². The Morgan fingerprint density at radius 3 is 2.16 bits per heavy atom. The average molecular weight is 297 g/mol. The average Bonchev–Trinajstić information content (AvgIpc) is 2.39. The Labute approximate surface area is 115 Å². The SMILES string of the molecule is O=C(O)c1ccccc1S(=O)(=O)c1ccc(Cl)cc1. The molecule has 0 aliphatic carbocycles. The van der Waals surface area contributed by atoms with E-state index in [2.05, 4.69) is 0 Å². The van der Waals surface area contributed by atoms with E-state index in [1.165, 1.54) is 48.5 Å². The van der Waals surface area contributed by atoms with Crippen molar-refractivity contribution in [3.05, 3.63) is 59.1 Å². The van der Waals surface area contributed by atoms with Crippen molar-refractivity contribution < 1.29 is 18.3 Å². The molecule has 0 radical (unpaired) electrons. The molecule has 4 nitrogen and oxygen atoms in total. The molecule has 0 saturated carbocycles. The van der Waals surface area contributed by atoms with Crippen LogP contribution in [0.15, 0.2) is 58.3 Å². The molecule has 19 heavy (non-hydrogen) atoms. The molecule has 0 aliphatic rings. The zero-order chi connectivity index (χ0) is 14.0. The summed E-state index contributed by atoms with van der Waals surface area (Å²) in [5, 5.41) is 9.44. The number of hydrogen-bond acceptors (Lipinski definition) is 3. The fourth-order valence-corrected chi connectivity index (χ4v) is 3.20. The molecule has 0 atom stereocenters. The van der Waals surface area contributed by atoms with Gasteiger partial charge in [0, 0.05) is 5.02 Å². The van der Waals surface area contributed by atoms with E-state index < -0.39 is 15.8 Å². The fraction of sp³-hybridized carbons (Fsp3) is 0. The molecule has 6 heteroatoms. The predicted molar refractivity (Wildman–Crippen MR) is 70.3 cm³/mol. The van der Waals surface area contributed by atoms with Crippen LogP contribution in [-0.2, 0) is 9.84 Å². The van der Waals surface area contributed by atoms with E-state index in [9.17, 15) is 13.2 Å². The summed E-state index contributed by atoms with van der Waals surface area (Å²) < 4.78 is 24.7. The van der Waals surface area contributed by atoms with E-state index in [0.29, 0.717) is 5.02 Å². The Morgan fingerprint density at radius 1 is 1.00 bits per heavy atom. The molecule has 0 spiro atoms. The van der Waals surface area contributed by atoms with Crippen LogP contribution in [0.1, 0.15) is 10.4 Å². The molecular formula is C13H9ClO4S. The maximum absolute atomic E-state index is 12.4. The third-order valence-corrected chi connectivity index (χ3v) is 4.61. The van der Waals surface area contributed by atoms with Crippen LogP contribution in [0.25, 0.3) is 0 Å². The number of carboxylic acids is 1. The van der Waals surface area contributed by atoms with E-state index in [1.54, 1.807) is 0 Å². The van der Waals surface area contributed by atoms with Gasteiger partial charge in [0.1, 0.15) is 0 Å². The first-order chi connectivity index (χ1) is 8.93. The van der Waals surface area contributed by atoms with Gasteiger partial charge in [0.15, 0.2) is 0 Å². The zero-order valence-corrected chi connectivity index (χ0v) is 11.1. The van der Waals surface area contributed by atoms with E-state index in [0.717, 1.165) is 0 Å². The fourth-order valence-electron chi connectivity index (χ4n) is 1.62. The van der Waals surface area contributed by atoms with Crippen molar-refractivity contribution in [1.29, 1.82) is 0 Å².